The largest absolute Gasteiger partial charge is 0.377 e. The van der Waals surface area contributed by atoms with Gasteiger partial charge in [0.1, 0.15) is 5.82 Å². The van der Waals surface area contributed by atoms with Crippen molar-refractivity contribution in [2.24, 2.45) is 0 Å². The highest BCUT2D eigenvalue weighted by molar-refractivity contribution is 5.37. The van der Waals surface area contributed by atoms with Gasteiger partial charge in [-0.1, -0.05) is 11.6 Å². The zero-order chi connectivity index (χ0) is 15.4. The monoisotopic (exact) mass is 299 g/mol. The lowest BCUT2D eigenvalue weighted by Crippen LogP contribution is -2.10. The molecular formula is C16H21N5O. The summed E-state index contributed by atoms with van der Waals surface area (Å²) in [4.78, 5) is 0. The van der Waals surface area contributed by atoms with Crippen molar-refractivity contribution in [1.82, 2.24) is 20.0 Å². The topological polar surface area (TPSA) is 64.9 Å². The fourth-order valence-corrected chi connectivity index (χ4v) is 2.54. The van der Waals surface area contributed by atoms with Crippen LogP contribution < -0.4 is 5.32 Å². The summed E-state index contributed by atoms with van der Waals surface area (Å²) < 4.78 is 7.11. The van der Waals surface area contributed by atoms with Crippen molar-refractivity contribution >= 4 is 5.82 Å². The van der Waals surface area contributed by atoms with E-state index in [-0.39, 0.29) is 0 Å². The Morgan fingerprint density at radius 2 is 2.18 bits per heavy atom. The van der Waals surface area contributed by atoms with Gasteiger partial charge in [0, 0.05) is 12.2 Å². The number of hydrogen-bond donors (Lipinski definition) is 1. The first-order valence-electron chi connectivity index (χ1n) is 7.59. The van der Waals surface area contributed by atoms with Gasteiger partial charge in [0.2, 0.25) is 0 Å². The van der Waals surface area contributed by atoms with E-state index in [4.69, 9.17) is 4.74 Å². The zero-order valence-corrected chi connectivity index (χ0v) is 13.0. The summed E-state index contributed by atoms with van der Waals surface area (Å²) in [6.45, 7) is 6.42. The Morgan fingerprint density at radius 1 is 1.27 bits per heavy atom. The second-order valence-corrected chi connectivity index (χ2v) is 5.48. The molecule has 1 aliphatic heterocycles. The molecule has 0 aromatic carbocycles. The molecule has 0 amide bonds. The lowest BCUT2D eigenvalue weighted by atomic mass is 10.1. The Morgan fingerprint density at radius 3 is 2.82 bits per heavy atom. The molecule has 6 nitrogen and oxygen atoms in total. The van der Waals surface area contributed by atoms with E-state index < -0.39 is 0 Å². The van der Waals surface area contributed by atoms with Gasteiger partial charge in [0.25, 0.3) is 0 Å². The number of hydrogen-bond acceptors (Lipinski definition) is 5. The quantitative estimate of drug-likeness (QED) is 0.859. The second kappa shape index (κ2) is 6.70. The first-order valence-corrected chi connectivity index (χ1v) is 7.59. The molecule has 1 aliphatic rings. The van der Waals surface area contributed by atoms with Gasteiger partial charge in [-0.15, -0.1) is 10.2 Å². The number of nitrogens with zero attached hydrogens (tertiary/aromatic N) is 4. The number of ether oxygens (including phenoxy) is 1. The Kier molecular flexibility index (Phi) is 4.48. The summed E-state index contributed by atoms with van der Waals surface area (Å²) >= 11 is 0. The molecule has 0 unspecified atom stereocenters. The van der Waals surface area contributed by atoms with Gasteiger partial charge in [0.15, 0.2) is 5.82 Å². The van der Waals surface area contributed by atoms with Gasteiger partial charge in [-0.05, 0) is 44.9 Å². The van der Waals surface area contributed by atoms with Gasteiger partial charge in [0.05, 0.1) is 18.9 Å². The van der Waals surface area contributed by atoms with E-state index in [2.05, 4.69) is 26.7 Å². The summed E-state index contributed by atoms with van der Waals surface area (Å²) in [7, 11) is 0. The molecule has 0 aliphatic carbocycles. The molecule has 6 heteroatoms. The molecule has 1 N–H and O–H groups in total. The number of aromatic nitrogens is 4. The van der Waals surface area contributed by atoms with Crippen molar-refractivity contribution in [2.45, 2.75) is 26.7 Å². The zero-order valence-electron chi connectivity index (χ0n) is 13.0. The van der Waals surface area contributed by atoms with Crippen LogP contribution in [0, 0.1) is 13.8 Å². The lowest BCUT2D eigenvalue weighted by Gasteiger charge is -2.13. The minimum absolute atomic E-state index is 0.739. The van der Waals surface area contributed by atoms with E-state index in [1.807, 2.05) is 32.0 Å². The summed E-state index contributed by atoms with van der Waals surface area (Å²) in [6, 6.07) is 5.90. The summed E-state index contributed by atoms with van der Waals surface area (Å²) in [5.41, 5.74) is 3.48. The predicted octanol–water partition coefficient (Wildman–Crippen LogP) is 2.43. The molecule has 0 fully saturated rings. The lowest BCUT2D eigenvalue weighted by molar-refractivity contribution is 0.153. The smallest absolute Gasteiger partial charge is 0.176 e. The molecule has 0 atom stereocenters. The van der Waals surface area contributed by atoms with Crippen LogP contribution in [0.4, 0.5) is 5.82 Å². The van der Waals surface area contributed by atoms with Crippen molar-refractivity contribution in [2.75, 3.05) is 25.1 Å². The molecule has 3 heterocycles. The Labute approximate surface area is 130 Å². The van der Waals surface area contributed by atoms with Crippen molar-refractivity contribution in [1.29, 1.82) is 0 Å². The third kappa shape index (κ3) is 3.51. The average Bonchev–Trinajstić information content (AvgIpc) is 2.88. The third-order valence-electron chi connectivity index (χ3n) is 3.69. The molecule has 3 rings (SSSR count). The van der Waals surface area contributed by atoms with E-state index in [1.54, 1.807) is 4.68 Å². The molecule has 0 radical (unpaired) electrons. The number of nitrogens with one attached hydrogen (secondary N) is 1. The average molecular weight is 299 g/mol. The van der Waals surface area contributed by atoms with Crippen LogP contribution in [-0.4, -0.2) is 39.7 Å². The molecular weight excluding hydrogens is 278 g/mol. The van der Waals surface area contributed by atoms with E-state index in [0.717, 1.165) is 55.6 Å². The SMILES string of the molecule is Cc1cc(C)n(-c2ccc(NCCC3=CCOCC3)nn2)n1. The van der Waals surface area contributed by atoms with Crippen LogP contribution in [0.25, 0.3) is 5.82 Å². The molecule has 0 saturated carbocycles. The Balaban J connectivity index is 1.57. The first-order chi connectivity index (χ1) is 10.7. The minimum atomic E-state index is 0.739. The molecule has 0 bridgehead atoms. The second-order valence-electron chi connectivity index (χ2n) is 5.48. The van der Waals surface area contributed by atoms with Gasteiger partial charge in [-0.25, -0.2) is 4.68 Å². The van der Waals surface area contributed by atoms with Crippen molar-refractivity contribution < 1.29 is 4.74 Å². The predicted molar refractivity (Wildman–Crippen MR) is 85.3 cm³/mol. The van der Waals surface area contributed by atoms with E-state index >= 15 is 0 Å². The maximum Gasteiger partial charge on any atom is 0.176 e. The highest BCUT2D eigenvalue weighted by Gasteiger charge is 2.06. The van der Waals surface area contributed by atoms with Crippen molar-refractivity contribution in [3.05, 3.63) is 41.2 Å². The summed E-state index contributed by atoms with van der Waals surface area (Å²) in [5, 5.41) is 16.2. The minimum Gasteiger partial charge on any atom is -0.377 e. The van der Waals surface area contributed by atoms with Crippen LogP contribution in [0.3, 0.4) is 0 Å². The van der Waals surface area contributed by atoms with Gasteiger partial charge in [-0.2, -0.15) is 5.10 Å². The summed E-state index contributed by atoms with van der Waals surface area (Å²) in [5.74, 6) is 1.53. The van der Waals surface area contributed by atoms with Gasteiger partial charge in [-0.3, -0.25) is 0 Å². The number of aryl methyl sites for hydroxylation is 2. The maximum atomic E-state index is 5.30. The molecule has 22 heavy (non-hydrogen) atoms. The van der Waals surface area contributed by atoms with Crippen LogP contribution in [0.2, 0.25) is 0 Å². The van der Waals surface area contributed by atoms with Crippen LogP contribution in [0.15, 0.2) is 29.8 Å². The number of rotatable bonds is 5. The van der Waals surface area contributed by atoms with E-state index in [0.29, 0.717) is 0 Å². The Bertz CT molecular complexity index is 660. The first kappa shape index (κ1) is 14.7. The van der Waals surface area contributed by atoms with E-state index in [9.17, 15) is 0 Å². The molecule has 116 valence electrons. The van der Waals surface area contributed by atoms with Gasteiger partial charge >= 0.3 is 0 Å². The number of anilines is 1. The summed E-state index contributed by atoms with van der Waals surface area (Å²) in [6.07, 6.45) is 4.22. The van der Waals surface area contributed by atoms with Crippen molar-refractivity contribution in [3.8, 4) is 5.82 Å². The molecule has 0 saturated heterocycles. The normalized spacial score (nSPS) is 14.7. The fraction of sp³-hybridized carbons (Fsp3) is 0.438. The van der Waals surface area contributed by atoms with Crippen molar-refractivity contribution in [3.63, 3.8) is 0 Å². The molecule has 0 spiro atoms. The van der Waals surface area contributed by atoms with Crippen LogP contribution in [0.5, 0.6) is 0 Å². The highest BCUT2D eigenvalue weighted by atomic mass is 16.5. The molecule has 2 aromatic heterocycles. The van der Waals surface area contributed by atoms with E-state index in [1.165, 1.54) is 5.57 Å². The maximum absolute atomic E-state index is 5.30. The van der Waals surface area contributed by atoms with Gasteiger partial charge < -0.3 is 10.1 Å². The standard InChI is InChI=1S/C16H21N5O/c1-12-11-13(2)21(20-12)16-4-3-15(18-19-16)17-8-5-14-6-9-22-10-7-14/h3-4,6,11H,5,7-10H2,1-2H3,(H,17,18). The fourth-order valence-electron chi connectivity index (χ4n) is 2.54. The van der Waals surface area contributed by atoms with Crippen LogP contribution in [0.1, 0.15) is 24.2 Å². The molecule has 2 aromatic rings. The third-order valence-corrected chi connectivity index (χ3v) is 3.69. The highest BCUT2D eigenvalue weighted by Crippen LogP contribution is 2.13. The van der Waals surface area contributed by atoms with Crippen LogP contribution in [-0.2, 0) is 4.74 Å². The van der Waals surface area contributed by atoms with Crippen LogP contribution >= 0.6 is 0 Å². The Hall–Kier alpha value is -2.21.